The average molecular weight is 616 g/mol. The summed E-state index contributed by atoms with van der Waals surface area (Å²) in [5.41, 5.74) is 12.0. The van der Waals surface area contributed by atoms with E-state index in [4.69, 9.17) is 0 Å². The number of benzene rings is 8. The highest BCUT2D eigenvalue weighted by molar-refractivity contribution is 6.30. The van der Waals surface area contributed by atoms with E-state index in [2.05, 4.69) is 170 Å². The fraction of sp³-hybridized carbons (Fsp3) is 0.149. The minimum absolute atomic E-state index is 0.0427. The highest BCUT2D eigenvalue weighted by Crippen LogP contribution is 2.62. The molecule has 1 saturated carbocycles. The minimum atomic E-state index is 0.0427. The van der Waals surface area contributed by atoms with Crippen molar-refractivity contribution in [2.24, 2.45) is 0 Å². The Balaban J connectivity index is 1.27. The molecule has 1 fully saturated rings. The van der Waals surface area contributed by atoms with Crippen LogP contribution < -0.4 is 4.90 Å². The topological polar surface area (TPSA) is 3.24 Å². The number of hydrogen-bond donors (Lipinski definition) is 0. The monoisotopic (exact) mass is 615 g/mol. The van der Waals surface area contributed by atoms with Crippen molar-refractivity contribution in [2.45, 2.75) is 44.1 Å². The smallest absolute Gasteiger partial charge is 0.0517 e. The van der Waals surface area contributed by atoms with Crippen LogP contribution in [0.5, 0.6) is 0 Å². The quantitative estimate of drug-likeness (QED) is 0.178. The highest BCUT2D eigenvalue weighted by atomic mass is 15.3. The molecule has 1 nitrogen and oxygen atoms in total. The van der Waals surface area contributed by atoms with Crippen molar-refractivity contribution in [1.82, 2.24) is 0 Å². The summed E-state index contributed by atoms with van der Waals surface area (Å²) in [5.74, 6) is 0. The summed E-state index contributed by atoms with van der Waals surface area (Å²) < 4.78 is 0. The summed E-state index contributed by atoms with van der Waals surface area (Å²) >= 11 is 0. The van der Waals surface area contributed by atoms with Gasteiger partial charge < -0.3 is 4.90 Å². The molecule has 2 unspecified atom stereocenters. The predicted octanol–water partition coefficient (Wildman–Crippen LogP) is 12.9. The van der Waals surface area contributed by atoms with Gasteiger partial charge in [0.05, 0.1) is 5.54 Å². The standard InChI is InChI=1S/C47H37N/c1-46-27-12-28-47(46,2)48(35-17-10-5-11-18-35)43-26-21-34(29-42(43)46)41-30-40(32-15-8-4-9-16-32)38-23-20-33-19-22-36(31-13-6-3-7-14-31)37-24-25-39(41)45(38)44(33)37/h3-11,13-26,29-30H,12,27-28H2,1-2H3. The van der Waals surface area contributed by atoms with E-state index < -0.39 is 0 Å². The van der Waals surface area contributed by atoms with Crippen molar-refractivity contribution in [2.75, 3.05) is 4.90 Å². The van der Waals surface area contributed by atoms with Gasteiger partial charge in [-0.25, -0.2) is 0 Å². The molecule has 48 heavy (non-hydrogen) atoms. The van der Waals surface area contributed by atoms with Crippen LogP contribution in [0.2, 0.25) is 0 Å². The van der Waals surface area contributed by atoms with Crippen LogP contribution in [0.1, 0.15) is 38.7 Å². The maximum atomic E-state index is 2.66. The summed E-state index contributed by atoms with van der Waals surface area (Å²) in [6, 6.07) is 56.7. The van der Waals surface area contributed by atoms with Crippen molar-refractivity contribution in [3.05, 3.63) is 157 Å². The molecule has 0 N–H and O–H groups in total. The zero-order valence-electron chi connectivity index (χ0n) is 27.5. The zero-order chi connectivity index (χ0) is 32.0. The number of para-hydroxylation sites is 1. The molecule has 8 aromatic rings. The number of nitrogens with zero attached hydrogens (tertiary/aromatic N) is 1. The molecule has 8 aromatic carbocycles. The van der Waals surface area contributed by atoms with Crippen molar-refractivity contribution in [1.29, 1.82) is 0 Å². The average Bonchev–Trinajstić information content (AvgIpc) is 3.55. The predicted molar refractivity (Wildman–Crippen MR) is 205 cm³/mol. The Labute approximate surface area is 282 Å². The SMILES string of the molecule is CC12CCCC1(C)N(c1ccccc1)c1ccc(-c3cc(-c4ccccc4)c4ccc5ccc(-c6ccccc6)c6ccc3c4c56)cc12. The van der Waals surface area contributed by atoms with E-state index in [1.807, 2.05) is 0 Å². The molecule has 2 atom stereocenters. The molecule has 230 valence electrons. The number of rotatable bonds is 4. The number of hydrogen-bond acceptors (Lipinski definition) is 1. The molecule has 0 spiro atoms. The lowest BCUT2D eigenvalue weighted by Crippen LogP contribution is -2.48. The van der Waals surface area contributed by atoms with Gasteiger partial charge in [-0.1, -0.05) is 135 Å². The molecule has 0 bridgehead atoms. The fourth-order valence-corrected chi connectivity index (χ4v) is 9.58. The van der Waals surface area contributed by atoms with E-state index in [-0.39, 0.29) is 11.0 Å². The Kier molecular flexibility index (Phi) is 5.80. The summed E-state index contributed by atoms with van der Waals surface area (Å²) in [6.45, 7) is 5.02. The largest absolute Gasteiger partial charge is 0.334 e. The van der Waals surface area contributed by atoms with Crippen molar-refractivity contribution in [3.8, 4) is 33.4 Å². The third-order valence-electron chi connectivity index (χ3n) is 12.1. The lowest BCUT2D eigenvalue weighted by molar-refractivity contribution is 0.330. The van der Waals surface area contributed by atoms with Crippen LogP contribution in [-0.4, -0.2) is 5.54 Å². The Bertz CT molecular complexity index is 2500. The first-order valence-electron chi connectivity index (χ1n) is 17.4. The first kappa shape index (κ1) is 27.7. The first-order chi connectivity index (χ1) is 23.5. The van der Waals surface area contributed by atoms with E-state index in [1.54, 1.807) is 0 Å². The summed E-state index contributed by atoms with van der Waals surface area (Å²) in [4.78, 5) is 2.66. The molecular weight excluding hydrogens is 579 g/mol. The lowest BCUT2D eigenvalue weighted by Gasteiger charge is -2.42. The van der Waals surface area contributed by atoms with Crippen molar-refractivity contribution >= 4 is 43.7 Å². The second-order valence-corrected chi connectivity index (χ2v) is 14.4. The molecule has 0 radical (unpaired) electrons. The van der Waals surface area contributed by atoms with Crippen LogP contribution in [0.15, 0.2) is 152 Å². The fourth-order valence-electron chi connectivity index (χ4n) is 9.58. The van der Waals surface area contributed by atoms with E-state index in [0.717, 1.165) is 0 Å². The molecule has 2 aliphatic rings. The van der Waals surface area contributed by atoms with Gasteiger partial charge >= 0.3 is 0 Å². The van der Waals surface area contributed by atoms with Crippen LogP contribution in [0, 0.1) is 0 Å². The molecule has 0 amide bonds. The normalized spacial score (nSPS) is 20.2. The molecule has 1 heterocycles. The maximum absolute atomic E-state index is 2.66. The molecule has 10 rings (SSSR count). The van der Waals surface area contributed by atoms with Crippen LogP contribution in [-0.2, 0) is 5.41 Å². The molecule has 1 aliphatic heterocycles. The minimum Gasteiger partial charge on any atom is -0.334 e. The van der Waals surface area contributed by atoms with Crippen molar-refractivity contribution in [3.63, 3.8) is 0 Å². The second-order valence-electron chi connectivity index (χ2n) is 14.4. The van der Waals surface area contributed by atoms with Gasteiger partial charge in [-0.3, -0.25) is 0 Å². The second kappa shape index (κ2) is 10.1. The van der Waals surface area contributed by atoms with Crippen LogP contribution in [0.4, 0.5) is 11.4 Å². The van der Waals surface area contributed by atoms with Gasteiger partial charge in [-0.05, 0) is 121 Å². The van der Waals surface area contributed by atoms with Gasteiger partial charge in [0.2, 0.25) is 0 Å². The van der Waals surface area contributed by atoms with E-state index in [0.29, 0.717) is 0 Å². The number of anilines is 2. The zero-order valence-corrected chi connectivity index (χ0v) is 27.5. The van der Waals surface area contributed by atoms with Gasteiger partial charge in [0.15, 0.2) is 0 Å². The molecule has 1 aliphatic carbocycles. The van der Waals surface area contributed by atoms with Gasteiger partial charge in [0.25, 0.3) is 0 Å². The van der Waals surface area contributed by atoms with Crippen LogP contribution >= 0.6 is 0 Å². The van der Waals surface area contributed by atoms with Gasteiger partial charge in [-0.15, -0.1) is 0 Å². The Morgan fingerprint density at radius 1 is 0.479 bits per heavy atom. The molecule has 1 heteroatoms. The van der Waals surface area contributed by atoms with Gasteiger partial charge in [0.1, 0.15) is 0 Å². The van der Waals surface area contributed by atoms with E-state index >= 15 is 0 Å². The van der Waals surface area contributed by atoms with Gasteiger partial charge in [0, 0.05) is 16.8 Å². The Morgan fingerprint density at radius 3 is 1.77 bits per heavy atom. The summed E-state index contributed by atoms with van der Waals surface area (Å²) in [5, 5.41) is 7.97. The van der Waals surface area contributed by atoms with Crippen LogP contribution in [0.3, 0.4) is 0 Å². The van der Waals surface area contributed by atoms with Crippen molar-refractivity contribution < 1.29 is 0 Å². The molecule has 0 saturated heterocycles. The summed E-state index contributed by atoms with van der Waals surface area (Å²) in [6.07, 6.45) is 3.66. The molecule has 0 aromatic heterocycles. The first-order valence-corrected chi connectivity index (χ1v) is 17.4. The van der Waals surface area contributed by atoms with Gasteiger partial charge in [-0.2, -0.15) is 0 Å². The van der Waals surface area contributed by atoms with E-state index in [9.17, 15) is 0 Å². The van der Waals surface area contributed by atoms with Crippen LogP contribution in [0.25, 0.3) is 65.7 Å². The highest BCUT2D eigenvalue weighted by Gasteiger charge is 2.59. The maximum Gasteiger partial charge on any atom is 0.0517 e. The Hall–Kier alpha value is -5.40. The van der Waals surface area contributed by atoms with E-state index in [1.165, 1.54) is 102 Å². The lowest BCUT2D eigenvalue weighted by atomic mass is 9.71. The summed E-state index contributed by atoms with van der Waals surface area (Å²) in [7, 11) is 0. The number of fused-ring (bicyclic) bond motifs is 3. The Morgan fingerprint density at radius 2 is 1.06 bits per heavy atom. The third-order valence-corrected chi connectivity index (χ3v) is 12.1. The third kappa shape index (κ3) is 3.68. The molecular formula is C47H37N.